The molecule has 0 radical (unpaired) electrons. The monoisotopic (exact) mass is 358 g/mol. The highest BCUT2D eigenvalue weighted by atomic mass is 16.5. The number of benzene rings is 1. The van der Waals surface area contributed by atoms with Gasteiger partial charge in [0.1, 0.15) is 5.76 Å². The van der Waals surface area contributed by atoms with Crippen LogP contribution >= 0.6 is 0 Å². The highest BCUT2D eigenvalue weighted by Gasteiger charge is 2.36. The van der Waals surface area contributed by atoms with Gasteiger partial charge in [-0.05, 0) is 19.3 Å². The van der Waals surface area contributed by atoms with E-state index in [1.165, 1.54) is 6.07 Å². The zero-order chi connectivity index (χ0) is 19.5. The van der Waals surface area contributed by atoms with Crippen LogP contribution < -0.4 is 0 Å². The smallest absolute Gasteiger partial charge is 0.308 e. The average molecular weight is 358 g/mol. The number of ether oxygens (including phenoxy) is 1. The maximum Gasteiger partial charge on any atom is 0.308 e. The molecule has 1 aliphatic carbocycles. The van der Waals surface area contributed by atoms with Crippen LogP contribution in [0.3, 0.4) is 0 Å². The third kappa shape index (κ3) is 4.03. The van der Waals surface area contributed by atoms with E-state index < -0.39 is 17.0 Å². The van der Waals surface area contributed by atoms with E-state index in [0.29, 0.717) is 18.4 Å². The fourth-order valence-electron chi connectivity index (χ4n) is 3.12. The minimum Gasteiger partial charge on any atom is -0.507 e. The van der Waals surface area contributed by atoms with Gasteiger partial charge in [-0.3, -0.25) is 14.4 Å². The normalized spacial score (nSPS) is 14.7. The number of rotatable bonds is 7. The second-order valence-electron chi connectivity index (χ2n) is 7.49. The summed E-state index contributed by atoms with van der Waals surface area (Å²) in [7, 11) is 0. The molecule has 0 bridgehead atoms. The Kier molecular flexibility index (Phi) is 6.01. The Morgan fingerprint density at radius 1 is 1.08 bits per heavy atom. The van der Waals surface area contributed by atoms with Gasteiger partial charge in [0.15, 0.2) is 0 Å². The van der Waals surface area contributed by atoms with Crippen LogP contribution in [-0.2, 0) is 14.3 Å². The fraction of sp³-hybridized carbons (Fsp3) is 0.476. The average Bonchev–Trinajstić information content (AvgIpc) is 2.63. The number of aliphatic hydroxyl groups is 1. The van der Waals surface area contributed by atoms with Crippen LogP contribution in [0.1, 0.15) is 62.9 Å². The highest BCUT2D eigenvalue weighted by molar-refractivity contribution is 6.52. The van der Waals surface area contributed by atoms with Crippen LogP contribution in [0.2, 0.25) is 0 Å². The maximum absolute atomic E-state index is 12.4. The van der Waals surface area contributed by atoms with Crippen LogP contribution in [0.4, 0.5) is 0 Å². The molecule has 2 rings (SSSR count). The van der Waals surface area contributed by atoms with Crippen LogP contribution in [0, 0.1) is 11.3 Å². The SMILES string of the molecule is CCC(CC)C(=O)OCC(C)(C)CC1=C(O)c2ccccc2C(=O)C1=O. The van der Waals surface area contributed by atoms with Crippen LogP contribution in [0.5, 0.6) is 0 Å². The molecule has 0 aromatic heterocycles. The van der Waals surface area contributed by atoms with Crippen molar-refractivity contribution < 1.29 is 24.2 Å². The Bertz CT molecular complexity index is 753. The van der Waals surface area contributed by atoms with E-state index in [1.54, 1.807) is 18.2 Å². The third-order valence-corrected chi connectivity index (χ3v) is 4.77. The molecule has 1 aliphatic rings. The number of Topliss-reactive ketones (excluding diaryl/α,β-unsaturated/α-hetero) is 2. The topological polar surface area (TPSA) is 80.7 Å². The van der Waals surface area contributed by atoms with E-state index in [1.807, 2.05) is 27.7 Å². The summed E-state index contributed by atoms with van der Waals surface area (Å²) in [5.41, 5.74) is 0.0821. The summed E-state index contributed by atoms with van der Waals surface area (Å²) < 4.78 is 5.42. The highest BCUT2D eigenvalue weighted by Crippen LogP contribution is 2.35. The van der Waals surface area contributed by atoms with Gasteiger partial charge in [-0.25, -0.2) is 0 Å². The van der Waals surface area contributed by atoms with Gasteiger partial charge in [-0.15, -0.1) is 0 Å². The lowest BCUT2D eigenvalue weighted by atomic mass is 9.79. The van der Waals surface area contributed by atoms with Crippen molar-refractivity contribution in [1.82, 2.24) is 0 Å². The Hall–Kier alpha value is -2.43. The Morgan fingerprint density at radius 3 is 2.23 bits per heavy atom. The second kappa shape index (κ2) is 7.85. The predicted molar refractivity (Wildman–Crippen MR) is 98.8 cm³/mol. The number of allylic oxidation sites excluding steroid dienone is 1. The van der Waals surface area contributed by atoms with Gasteiger partial charge in [0.2, 0.25) is 11.6 Å². The Balaban J connectivity index is 2.19. The van der Waals surface area contributed by atoms with E-state index in [-0.39, 0.29) is 41.8 Å². The molecule has 5 nitrogen and oxygen atoms in total. The molecule has 0 spiro atoms. The molecule has 0 saturated carbocycles. The molecular weight excluding hydrogens is 332 g/mol. The second-order valence-corrected chi connectivity index (χ2v) is 7.49. The van der Waals surface area contributed by atoms with E-state index in [9.17, 15) is 19.5 Å². The number of aliphatic hydroxyl groups excluding tert-OH is 1. The van der Waals surface area contributed by atoms with E-state index >= 15 is 0 Å². The van der Waals surface area contributed by atoms with Crippen molar-refractivity contribution in [2.45, 2.75) is 47.0 Å². The van der Waals surface area contributed by atoms with Gasteiger partial charge in [0, 0.05) is 22.1 Å². The molecule has 0 heterocycles. The number of fused-ring (bicyclic) bond motifs is 1. The summed E-state index contributed by atoms with van der Waals surface area (Å²) in [6, 6.07) is 6.52. The molecule has 1 N–H and O–H groups in total. The van der Waals surface area contributed by atoms with Gasteiger partial charge in [0.25, 0.3) is 0 Å². The lowest BCUT2D eigenvalue weighted by Gasteiger charge is -2.28. The Morgan fingerprint density at radius 2 is 1.65 bits per heavy atom. The van der Waals surface area contributed by atoms with Gasteiger partial charge in [-0.1, -0.05) is 52.0 Å². The summed E-state index contributed by atoms with van der Waals surface area (Å²) in [4.78, 5) is 36.8. The molecule has 0 unspecified atom stereocenters. The Labute approximate surface area is 154 Å². The van der Waals surface area contributed by atoms with Gasteiger partial charge in [-0.2, -0.15) is 0 Å². The molecule has 0 fully saturated rings. The van der Waals surface area contributed by atoms with Gasteiger partial charge in [0.05, 0.1) is 12.5 Å². The first-order valence-electron chi connectivity index (χ1n) is 8.99. The lowest BCUT2D eigenvalue weighted by molar-refractivity contribution is -0.151. The standard InChI is InChI=1S/C21H26O5/c1-5-13(6-2)20(25)26-12-21(3,4)11-16-17(22)14-9-7-8-10-15(14)18(23)19(16)24/h7-10,13,22H,5-6,11-12H2,1-4H3. The molecule has 1 aromatic rings. The molecule has 0 amide bonds. The molecular formula is C21H26O5. The zero-order valence-electron chi connectivity index (χ0n) is 15.8. The summed E-state index contributed by atoms with van der Waals surface area (Å²) in [5, 5.41) is 10.5. The molecule has 140 valence electrons. The molecule has 1 aromatic carbocycles. The zero-order valence-corrected chi connectivity index (χ0v) is 15.8. The summed E-state index contributed by atoms with van der Waals surface area (Å²) >= 11 is 0. The van der Waals surface area contributed by atoms with E-state index in [0.717, 1.165) is 0 Å². The molecule has 0 saturated heterocycles. The van der Waals surface area contributed by atoms with Crippen molar-refractivity contribution in [3.8, 4) is 0 Å². The number of carbonyl (C=O) groups is 3. The predicted octanol–water partition coefficient (Wildman–Crippen LogP) is 4.12. The van der Waals surface area contributed by atoms with Crippen LogP contribution in [0.15, 0.2) is 29.8 Å². The number of hydrogen-bond donors (Lipinski definition) is 1. The summed E-state index contributed by atoms with van der Waals surface area (Å²) in [5.74, 6) is -1.86. The van der Waals surface area contributed by atoms with Crippen molar-refractivity contribution in [2.24, 2.45) is 11.3 Å². The first-order valence-corrected chi connectivity index (χ1v) is 8.99. The minimum atomic E-state index is -0.694. The summed E-state index contributed by atoms with van der Waals surface area (Å²) in [6.45, 7) is 7.67. The number of ketones is 2. The van der Waals surface area contributed by atoms with Crippen molar-refractivity contribution >= 4 is 23.3 Å². The number of esters is 1. The van der Waals surface area contributed by atoms with Crippen molar-refractivity contribution in [2.75, 3.05) is 6.61 Å². The molecule has 0 aliphatic heterocycles. The number of hydrogen-bond acceptors (Lipinski definition) is 5. The molecule has 0 atom stereocenters. The lowest BCUT2D eigenvalue weighted by Crippen LogP contribution is -2.30. The van der Waals surface area contributed by atoms with Gasteiger partial charge < -0.3 is 9.84 Å². The first kappa shape index (κ1) is 19.9. The number of carbonyl (C=O) groups excluding carboxylic acids is 3. The molecule has 26 heavy (non-hydrogen) atoms. The largest absolute Gasteiger partial charge is 0.507 e. The third-order valence-electron chi connectivity index (χ3n) is 4.77. The quantitative estimate of drug-likeness (QED) is 0.586. The van der Waals surface area contributed by atoms with Crippen molar-refractivity contribution in [3.63, 3.8) is 0 Å². The fourth-order valence-corrected chi connectivity index (χ4v) is 3.12. The van der Waals surface area contributed by atoms with Crippen molar-refractivity contribution in [1.29, 1.82) is 0 Å². The minimum absolute atomic E-state index is 0.0808. The van der Waals surface area contributed by atoms with Crippen LogP contribution in [-0.4, -0.2) is 29.2 Å². The molecule has 5 heteroatoms. The summed E-state index contributed by atoms with van der Waals surface area (Å²) in [6.07, 6.45) is 1.57. The van der Waals surface area contributed by atoms with Crippen molar-refractivity contribution in [3.05, 3.63) is 41.0 Å². The van der Waals surface area contributed by atoms with Gasteiger partial charge >= 0.3 is 5.97 Å². The first-order chi connectivity index (χ1) is 12.2. The van der Waals surface area contributed by atoms with E-state index in [4.69, 9.17) is 4.74 Å². The van der Waals surface area contributed by atoms with Crippen LogP contribution in [0.25, 0.3) is 5.76 Å². The van der Waals surface area contributed by atoms with E-state index in [2.05, 4.69) is 0 Å². The maximum atomic E-state index is 12.4.